The van der Waals surface area contributed by atoms with Gasteiger partial charge in [0.05, 0.1) is 5.25 Å². The summed E-state index contributed by atoms with van der Waals surface area (Å²) in [5.41, 5.74) is 4.97. The molecular weight excluding hydrogens is 148 g/mol. The largest absolute Gasteiger partial charge is 0.404 e. The van der Waals surface area contributed by atoms with Crippen molar-refractivity contribution in [2.75, 3.05) is 0 Å². The fourth-order valence-corrected chi connectivity index (χ4v) is 0.720. The molecule has 0 aromatic carbocycles. The lowest BCUT2D eigenvalue weighted by molar-refractivity contribution is -0.113. The maximum Gasteiger partial charge on any atom is 0.170 e. The average molecular weight is 156 g/mol. The minimum absolute atomic E-state index is 0.131. The highest BCUT2D eigenvalue weighted by atomic mass is 32.2. The Balaban J connectivity index is 3.85. The molecule has 0 radical (unpaired) electrons. The molecule has 0 aliphatic heterocycles. The highest BCUT2D eigenvalue weighted by molar-refractivity contribution is 8.04. The molecule has 2 N–H and O–H groups in total. The van der Waals surface area contributed by atoms with Gasteiger partial charge in [-0.1, -0.05) is 0 Å². The van der Waals surface area contributed by atoms with Crippen LogP contribution in [0, 0.1) is 10.7 Å². The third kappa shape index (κ3) is 3.15. The van der Waals surface area contributed by atoms with E-state index < -0.39 is 0 Å². The first-order chi connectivity index (χ1) is 4.72. The number of carbonyl (C=O) groups excluding carboxylic acids is 1. The minimum Gasteiger partial charge on any atom is -0.404 e. The lowest BCUT2D eigenvalue weighted by Gasteiger charge is -1.97. The Morgan fingerprint density at radius 1 is 1.90 bits per heavy atom. The van der Waals surface area contributed by atoms with Crippen LogP contribution in [0.3, 0.4) is 0 Å². The van der Waals surface area contributed by atoms with E-state index in [9.17, 15) is 4.79 Å². The first kappa shape index (κ1) is 9.05. The number of hydrogen-bond acceptors (Lipinski definition) is 4. The average Bonchev–Trinajstić information content (AvgIpc) is 1.89. The minimum atomic E-state index is -0.315. The molecule has 0 bridgehead atoms. The van der Waals surface area contributed by atoms with Crippen LogP contribution in [-0.4, -0.2) is 11.0 Å². The summed E-state index contributed by atoms with van der Waals surface area (Å²) in [6.45, 7) is 1.66. The smallest absolute Gasteiger partial charge is 0.170 e. The van der Waals surface area contributed by atoms with Gasteiger partial charge in [-0.2, -0.15) is 5.26 Å². The predicted molar refractivity (Wildman–Crippen MR) is 41.0 cm³/mol. The Morgan fingerprint density at radius 3 is 2.90 bits per heavy atom. The molecule has 0 saturated heterocycles. The van der Waals surface area contributed by atoms with E-state index in [-0.39, 0.29) is 11.0 Å². The Morgan fingerprint density at radius 2 is 2.50 bits per heavy atom. The fraction of sp³-hybridized carbons (Fsp3) is 0.333. The molecule has 0 unspecified atom stereocenters. The summed E-state index contributed by atoms with van der Waals surface area (Å²) in [6.07, 6.45) is 2.44. The number of rotatable bonds is 3. The highest BCUT2D eigenvalue weighted by Gasteiger charge is 2.08. The summed E-state index contributed by atoms with van der Waals surface area (Å²) >= 11 is 0.929. The third-order valence-electron chi connectivity index (χ3n) is 0.891. The Kier molecular flexibility index (Phi) is 4.42. The van der Waals surface area contributed by atoms with Gasteiger partial charge < -0.3 is 5.73 Å². The van der Waals surface area contributed by atoms with E-state index in [1.165, 1.54) is 12.3 Å². The molecule has 0 fully saturated rings. The lowest BCUT2D eigenvalue weighted by atomic mass is 10.3. The molecule has 4 heteroatoms. The summed E-state index contributed by atoms with van der Waals surface area (Å²) in [5, 5.41) is 9.67. The zero-order valence-electron chi connectivity index (χ0n) is 5.57. The third-order valence-corrected chi connectivity index (χ3v) is 1.58. The van der Waals surface area contributed by atoms with Gasteiger partial charge in [0, 0.05) is 0 Å². The van der Waals surface area contributed by atoms with Crippen LogP contribution in [0.5, 0.6) is 0 Å². The quantitative estimate of drug-likeness (QED) is 0.480. The fourth-order valence-electron chi connectivity index (χ4n) is 0.367. The van der Waals surface area contributed by atoms with Crippen molar-refractivity contribution in [1.82, 2.24) is 0 Å². The van der Waals surface area contributed by atoms with E-state index in [1.807, 2.05) is 5.40 Å². The van der Waals surface area contributed by atoms with Crippen molar-refractivity contribution in [2.24, 2.45) is 5.73 Å². The Hall–Kier alpha value is -0.950. The molecule has 0 amide bonds. The second kappa shape index (κ2) is 4.89. The molecular formula is C6H8N2OS. The molecule has 54 valence electrons. The maximum absolute atomic E-state index is 10.8. The summed E-state index contributed by atoms with van der Waals surface area (Å²) in [6, 6.07) is 0. The number of nitriles is 1. The summed E-state index contributed by atoms with van der Waals surface area (Å²) < 4.78 is 0. The lowest BCUT2D eigenvalue weighted by Crippen LogP contribution is -2.09. The van der Waals surface area contributed by atoms with E-state index in [4.69, 9.17) is 11.0 Å². The normalized spacial score (nSPS) is 12.8. The van der Waals surface area contributed by atoms with Gasteiger partial charge in [-0.25, -0.2) is 0 Å². The van der Waals surface area contributed by atoms with Gasteiger partial charge in [-0.15, -0.1) is 0 Å². The van der Waals surface area contributed by atoms with E-state index in [0.717, 1.165) is 11.8 Å². The molecule has 1 atom stereocenters. The molecule has 0 spiro atoms. The van der Waals surface area contributed by atoms with Crippen LogP contribution in [0.2, 0.25) is 0 Å². The van der Waals surface area contributed by atoms with Crippen molar-refractivity contribution in [2.45, 2.75) is 12.2 Å². The standard InChI is InChI=1S/C6H8N2OS/c1-5(10-4-8)6(9)2-3-7/h2-3,5H,7H2,1H3/t5-/m0/s1. The second-order valence-corrected chi connectivity index (χ2v) is 2.74. The Bertz CT molecular complexity index is 183. The number of carbonyl (C=O) groups is 1. The monoisotopic (exact) mass is 156 g/mol. The van der Waals surface area contributed by atoms with Gasteiger partial charge in [0.15, 0.2) is 5.78 Å². The number of nitrogens with zero attached hydrogens (tertiary/aromatic N) is 1. The number of ketones is 1. The zero-order chi connectivity index (χ0) is 7.98. The SMILES string of the molecule is C[C@H](SC#N)C(=O)C=CN. The molecule has 0 heterocycles. The molecule has 0 aromatic rings. The van der Waals surface area contributed by atoms with Crippen LogP contribution in [0.15, 0.2) is 12.3 Å². The zero-order valence-corrected chi connectivity index (χ0v) is 6.39. The predicted octanol–water partition coefficient (Wildman–Crippen LogP) is 0.631. The number of nitrogens with two attached hydrogens (primary N) is 1. The van der Waals surface area contributed by atoms with E-state index in [1.54, 1.807) is 6.92 Å². The highest BCUT2D eigenvalue weighted by Crippen LogP contribution is 2.08. The van der Waals surface area contributed by atoms with Crippen LogP contribution in [0.1, 0.15) is 6.92 Å². The van der Waals surface area contributed by atoms with Crippen molar-refractivity contribution in [3.05, 3.63) is 12.3 Å². The van der Waals surface area contributed by atoms with Gasteiger partial charge in [-0.05, 0) is 31.0 Å². The first-order valence-electron chi connectivity index (χ1n) is 2.69. The van der Waals surface area contributed by atoms with Gasteiger partial charge in [0.25, 0.3) is 0 Å². The van der Waals surface area contributed by atoms with Crippen molar-refractivity contribution in [1.29, 1.82) is 5.26 Å². The number of hydrogen-bond donors (Lipinski definition) is 1. The molecule has 0 saturated carbocycles. The molecule has 0 aliphatic rings. The van der Waals surface area contributed by atoms with Gasteiger partial charge >= 0.3 is 0 Å². The van der Waals surface area contributed by atoms with Crippen LogP contribution >= 0.6 is 11.8 Å². The number of allylic oxidation sites excluding steroid dienone is 1. The van der Waals surface area contributed by atoms with Crippen molar-refractivity contribution in [3.8, 4) is 5.40 Å². The summed E-state index contributed by atoms with van der Waals surface area (Å²) in [5.74, 6) is -0.131. The van der Waals surface area contributed by atoms with Crippen LogP contribution in [0.4, 0.5) is 0 Å². The topological polar surface area (TPSA) is 66.9 Å². The van der Waals surface area contributed by atoms with Crippen molar-refractivity contribution < 1.29 is 4.79 Å². The van der Waals surface area contributed by atoms with Crippen molar-refractivity contribution >= 4 is 17.5 Å². The van der Waals surface area contributed by atoms with E-state index >= 15 is 0 Å². The molecule has 3 nitrogen and oxygen atoms in total. The summed E-state index contributed by atoms with van der Waals surface area (Å²) in [7, 11) is 0. The second-order valence-electron chi connectivity index (χ2n) is 1.61. The maximum atomic E-state index is 10.8. The molecule has 10 heavy (non-hydrogen) atoms. The number of thiocyanates is 1. The van der Waals surface area contributed by atoms with E-state index in [0.29, 0.717) is 0 Å². The molecule has 0 aliphatic carbocycles. The first-order valence-corrected chi connectivity index (χ1v) is 3.57. The van der Waals surface area contributed by atoms with E-state index in [2.05, 4.69) is 0 Å². The van der Waals surface area contributed by atoms with Crippen LogP contribution < -0.4 is 5.73 Å². The Labute approximate surface area is 63.9 Å². The van der Waals surface area contributed by atoms with Crippen LogP contribution in [-0.2, 0) is 4.79 Å². The van der Waals surface area contributed by atoms with Crippen LogP contribution in [0.25, 0.3) is 0 Å². The molecule has 0 aromatic heterocycles. The van der Waals surface area contributed by atoms with Gasteiger partial charge in [0.1, 0.15) is 5.40 Å². The molecule has 0 rings (SSSR count). The summed E-state index contributed by atoms with van der Waals surface area (Å²) in [4.78, 5) is 10.8. The van der Waals surface area contributed by atoms with Crippen molar-refractivity contribution in [3.63, 3.8) is 0 Å². The number of thioether (sulfide) groups is 1. The van der Waals surface area contributed by atoms with Gasteiger partial charge in [0.2, 0.25) is 0 Å². The van der Waals surface area contributed by atoms with Gasteiger partial charge in [-0.3, -0.25) is 4.79 Å².